The van der Waals surface area contributed by atoms with E-state index in [0.29, 0.717) is 30.0 Å². The number of ketones is 1. The van der Waals surface area contributed by atoms with Gasteiger partial charge < -0.3 is 4.74 Å². The normalized spacial score (nSPS) is 48.8. The van der Waals surface area contributed by atoms with E-state index in [2.05, 4.69) is 19.9 Å². The SMILES string of the molecule is C[C@]12CC[C@H](OC=O)CC1=CCC1C2CC[C@]2(C)C(=O)CC[C@@H]12. The topological polar surface area (TPSA) is 43.4 Å². The number of allylic oxidation sites excluding steroid dienone is 1. The molecule has 23 heavy (non-hydrogen) atoms. The summed E-state index contributed by atoms with van der Waals surface area (Å²) in [5.41, 5.74) is 1.74. The summed E-state index contributed by atoms with van der Waals surface area (Å²) >= 11 is 0. The monoisotopic (exact) mass is 316 g/mol. The van der Waals surface area contributed by atoms with Crippen molar-refractivity contribution >= 4 is 12.3 Å². The number of fused-ring (bicyclic) bond motifs is 5. The van der Waals surface area contributed by atoms with Crippen LogP contribution in [0.4, 0.5) is 0 Å². The summed E-state index contributed by atoms with van der Waals surface area (Å²) in [6.45, 7) is 5.28. The van der Waals surface area contributed by atoms with Crippen molar-refractivity contribution in [1.82, 2.24) is 0 Å². The van der Waals surface area contributed by atoms with E-state index < -0.39 is 0 Å². The lowest BCUT2D eigenvalue weighted by Gasteiger charge is -2.56. The molecule has 3 nitrogen and oxygen atoms in total. The first-order chi connectivity index (χ1) is 11.0. The zero-order chi connectivity index (χ0) is 16.2. The summed E-state index contributed by atoms with van der Waals surface area (Å²) < 4.78 is 5.25. The lowest BCUT2D eigenvalue weighted by atomic mass is 9.48. The molecule has 0 N–H and O–H groups in total. The third-order valence-electron chi connectivity index (χ3n) is 8.02. The van der Waals surface area contributed by atoms with Crippen LogP contribution in [0.2, 0.25) is 0 Å². The highest BCUT2D eigenvalue weighted by atomic mass is 16.5. The third kappa shape index (κ3) is 2.08. The van der Waals surface area contributed by atoms with E-state index in [1.807, 2.05) is 0 Å². The molecule has 2 unspecified atom stereocenters. The molecule has 4 aliphatic rings. The Morgan fingerprint density at radius 1 is 1.13 bits per heavy atom. The Bertz CT molecular complexity index is 565. The highest BCUT2D eigenvalue weighted by Crippen LogP contribution is 2.64. The lowest BCUT2D eigenvalue weighted by Crippen LogP contribution is -2.50. The zero-order valence-corrected chi connectivity index (χ0v) is 14.3. The molecule has 0 bridgehead atoms. The minimum absolute atomic E-state index is 0.0410. The van der Waals surface area contributed by atoms with Gasteiger partial charge in [0.2, 0.25) is 0 Å². The van der Waals surface area contributed by atoms with Gasteiger partial charge in [0.05, 0.1) is 0 Å². The predicted molar refractivity (Wildman–Crippen MR) is 87.6 cm³/mol. The average molecular weight is 316 g/mol. The Balaban J connectivity index is 1.63. The van der Waals surface area contributed by atoms with Gasteiger partial charge in [0.1, 0.15) is 11.9 Å². The Kier molecular flexibility index (Phi) is 3.48. The van der Waals surface area contributed by atoms with Crippen molar-refractivity contribution in [1.29, 1.82) is 0 Å². The van der Waals surface area contributed by atoms with Gasteiger partial charge >= 0.3 is 0 Å². The van der Waals surface area contributed by atoms with Crippen LogP contribution in [-0.4, -0.2) is 18.4 Å². The number of hydrogen-bond acceptors (Lipinski definition) is 3. The van der Waals surface area contributed by atoms with Gasteiger partial charge in [-0.05, 0) is 61.7 Å². The van der Waals surface area contributed by atoms with Crippen LogP contribution < -0.4 is 0 Å². The molecule has 3 fully saturated rings. The van der Waals surface area contributed by atoms with E-state index >= 15 is 0 Å². The summed E-state index contributed by atoms with van der Waals surface area (Å²) in [5, 5.41) is 0. The van der Waals surface area contributed by atoms with Crippen molar-refractivity contribution in [2.24, 2.45) is 28.6 Å². The fraction of sp³-hybridized carbons (Fsp3) is 0.800. The van der Waals surface area contributed by atoms with Crippen molar-refractivity contribution in [3.63, 3.8) is 0 Å². The largest absolute Gasteiger partial charge is 0.464 e. The van der Waals surface area contributed by atoms with Crippen LogP contribution >= 0.6 is 0 Å². The third-order valence-corrected chi connectivity index (χ3v) is 8.02. The summed E-state index contributed by atoms with van der Waals surface area (Å²) in [4.78, 5) is 23.1. The minimum atomic E-state index is -0.0410. The highest BCUT2D eigenvalue weighted by molar-refractivity contribution is 5.87. The van der Waals surface area contributed by atoms with Crippen LogP contribution in [0.15, 0.2) is 11.6 Å². The molecule has 0 aliphatic heterocycles. The molecule has 0 heterocycles. The van der Waals surface area contributed by atoms with Crippen molar-refractivity contribution in [2.45, 2.75) is 71.3 Å². The average Bonchev–Trinajstić information content (AvgIpc) is 2.84. The molecule has 0 saturated heterocycles. The molecule has 4 rings (SSSR count). The van der Waals surface area contributed by atoms with Gasteiger partial charge in [0.25, 0.3) is 6.47 Å². The molecule has 3 heteroatoms. The van der Waals surface area contributed by atoms with Gasteiger partial charge in [0, 0.05) is 18.3 Å². The molecule has 0 spiro atoms. The van der Waals surface area contributed by atoms with Gasteiger partial charge in [-0.1, -0.05) is 25.5 Å². The molecule has 3 saturated carbocycles. The quantitative estimate of drug-likeness (QED) is 0.570. The number of hydrogen-bond donors (Lipinski definition) is 0. The maximum Gasteiger partial charge on any atom is 0.293 e. The maximum absolute atomic E-state index is 12.4. The zero-order valence-electron chi connectivity index (χ0n) is 14.3. The second-order valence-corrected chi connectivity index (χ2v) is 8.77. The predicted octanol–water partition coefficient (Wildman–Crippen LogP) is 4.06. The summed E-state index contributed by atoms with van der Waals surface area (Å²) in [7, 11) is 0. The van der Waals surface area contributed by atoms with Gasteiger partial charge in [-0.15, -0.1) is 0 Å². The Hall–Kier alpha value is -1.12. The van der Waals surface area contributed by atoms with Gasteiger partial charge in [-0.25, -0.2) is 0 Å². The van der Waals surface area contributed by atoms with Crippen molar-refractivity contribution in [3.05, 3.63) is 11.6 Å². The fourth-order valence-electron chi connectivity index (χ4n) is 6.59. The summed E-state index contributed by atoms with van der Waals surface area (Å²) in [6.07, 6.45) is 10.8. The standard InChI is InChI=1S/C20H28O3/c1-19-9-7-14(23-12-21)11-13(19)3-4-15-16-5-6-18(22)20(16,2)10-8-17(15)19/h3,12,14-17H,4-11H2,1-2H3/t14-,15?,16-,17?,19-,20-/m0/s1. The van der Waals surface area contributed by atoms with Crippen LogP contribution in [0.3, 0.4) is 0 Å². The first-order valence-electron chi connectivity index (χ1n) is 9.31. The molecule has 0 radical (unpaired) electrons. The second kappa shape index (κ2) is 5.19. The number of carbonyl (C=O) groups is 2. The van der Waals surface area contributed by atoms with Gasteiger partial charge in [-0.2, -0.15) is 0 Å². The Morgan fingerprint density at radius 3 is 2.65 bits per heavy atom. The van der Waals surface area contributed by atoms with E-state index in [-0.39, 0.29) is 16.9 Å². The maximum atomic E-state index is 12.4. The van der Waals surface area contributed by atoms with Gasteiger partial charge in [0.15, 0.2) is 0 Å². The van der Waals surface area contributed by atoms with Crippen molar-refractivity contribution < 1.29 is 14.3 Å². The molecule has 126 valence electrons. The van der Waals surface area contributed by atoms with E-state index in [1.165, 1.54) is 12.0 Å². The summed E-state index contributed by atoms with van der Waals surface area (Å²) in [5.74, 6) is 2.50. The van der Waals surface area contributed by atoms with Gasteiger partial charge in [-0.3, -0.25) is 9.59 Å². The Labute approximate surface area is 138 Å². The smallest absolute Gasteiger partial charge is 0.293 e. The van der Waals surface area contributed by atoms with Crippen LogP contribution in [0, 0.1) is 28.6 Å². The van der Waals surface area contributed by atoms with Crippen molar-refractivity contribution in [3.8, 4) is 0 Å². The molecule has 0 aromatic heterocycles. The van der Waals surface area contributed by atoms with Crippen LogP contribution in [0.1, 0.15) is 65.2 Å². The minimum Gasteiger partial charge on any atom is -0.464 e. The number of carbonyl (C=O) groups excluding carboxylic acids is 2. The van der Waals surface area contributed by atoms with E-state index in [4.69, 9.17) is 4.74 Å². The molecular formula is C20H28O3. The molecular weight excluding hydrogens is 288 g/mol. The van der Waals surface area contributed by atoms with E-state index in [0.717, 1.165) is 44.9 Å². The Morgan fingerprint density at radius 2 is 1.87 bits per heavy atom. The van der Waals surface area contributed by atoms with Crippen LogP contribution in [-0.2, 0) is 14.3 Å². The van der Waals surface area contributed by atoms with E-state index in [9.17, 15) is 9.59 Å². The molecule has 4 aliphatic carbocycles. The molecule has 0 aromatic carbocycles. The highest BCUT2D eigenvalue weighted by Gasteiger charge is 2.58. The number of ether oxygens (including phenoxy) is 1. The molecule has 0 aromatic rings. The molecule has 0 amide bonds. The molecule has 6 atom stereocenters. The van der Waals surface area contributed by atoms with Crippen molar-refractivity contribution in [2.75, 3.05) is 0 Å². The first-order valence-corrected chi connectivity index (χ1v) is 9.31. The lowest BCUT2D eigenvalue weighted by molar-refractivity contribution is -0.136. The van der Waals surface area contributed by atoms with E-state index in [1.54, 1.807) is 0 Å². The van der Waals surface area contributed by atoms with Crippen LogP contribution in [0.25, 0.3) is 0 Å². The fourth-order valence-corrected chi connectivity index (χ4v) is 6.59. The van der Waals surface area contributed by atoms with Crippen LogP contribution in [0.5, 0.6) is 0 Å². The second-order valence-electron chi connectivity index (χ2n) is 8.77. The first kappa shape index (κ1) is 15.4. The number of rotatable bonds is 2. The summed E-state index contributed by atoms with van der Waals surface area (Å²) in [6, 6.07) is 0. The number of Topliss-reactive ketones (excluding diaryl/α,β-unsaturated/α-hetero) is 1.